The van der Waals surface area contributed by atoms with E-state index in [1.54, 1.807) is 0 Å². The Kier molecular flexibility index (Phi) is 3.48. The Morgan fingerprint density at radius 1 is 1.35 bits per heavy atom. The highest BCUT2D eigenvalue weighted by molar-refractivity contribution is 5.44. The molecule has 4 heteroatoms. The first kappa shape index (κ1) is 13.9. The number of fused-ring (bicyclic) bond motifs is 1. The van der Waals surface area contributed by atoms with Gasteiger partial charge in [0, 0.05) is 24.1 Å². The second-order valence-electron chi connectivity index (χ2n) is 6.25. The Balaban J connectivity index is 2.08. The maximum atomic E-state index is 11.4. The summed E-state index contributed by atoms with van der Waals surface area (Å²) in [5, 5.41) is 11.4. The van der Waals surface area contributed by atoms with E-state index in [4.69, 9.17) is 10.5 Å². The number of likely N-dealkylation sites (N-methyl/N-ethyl adjacent to an activating group) is 1. The zero-order valence-electron chi connectivity index (χ0n) is 12.1. The van der Waals surface area contributed by atoms with Crippen molar-refractivity contribution < 1.29 is 9.84 Å². The van der Waals surface area contributed by atoms with Crippen LogP contribution in [0.4, 0.5) is 0 Å². The Morgan fingerprint density at radius 2 is 2.15 bits per heavy atom. The van der Waals surface area contributed by atoms with Gasteiger partial charge in [0.25, 0.3) is 0 Å². The minimum absolute atomic E-state index is 0.392. The van der Waals surface area contributed by atoms with Gasteiger partial charge in [0.2, 0.25) is 0 Å². The summed E-state index contributed by atoms with van der Waals surface area (Å²) in [5.41, 5.74) is 6.09. The number of β-amino-alcohol motifs (C(OH)–C–C–N with tert-alkyl or cyclic N) is 1. The molecule has 20 heavy (non-hydrogen) atoms. The van der Waals surface area contributed by atoms with Crippen molar-refractivity contribution in [2.24, 2.45) is 5.73 Å². The van der Waals surface area contributed by atoms with Gasteiger partial charge in [-0.15, -0.1) is 0 Å². The molecule has 0 radical (unpaired) electrons. The maximum Gasteiger partial charge on any atom is 0.123 e. The van der Waals surface area contributed by atoms with E-state index in [2.05, 4.69) is 18.0 Å². The van der Waals surface area contributed by atoms with Crippen molar-refractivity contribution in [3.8, 4) is 5.75 Å². The minimum Gasteiger partial charge on any atom is -0.493 e. The van der Waals surface area contributed by atoms with Crippen molar-refractivity contribution in [1.82, 2.24) is 4.90 Å². The van der Waals surface area contributed by atoms with Gasteiger partial charge in [-0.25, -0.2) is 0 Å². The molecule has 1 saturated heterocycles. The van der Waals surface area contributed by atoms with Crippen molar-refractivity contribution in [3.05, 3.63) is 29.8 Å². The number of nitrogens with two attached hydrogens (primary N) is 1. The third-order valence-corrected chi connectivity index (χ3v) is 5.09. The van der Waals surface area contributed by atoms with Gasteiger partial charge in [-0.05, 0) is 38.9 Å². The number of nitrogens with zero attached hydrogens (tertiary/aromatic N) is 1. The average molecular weight is 276 g/mol. The van der Waals surface area contributed by atoms with Crippen molar-refractivity contribution in [2.45, 2.75) is 30.3 Å². The molecule has 3 N–H and O–H groups in total. The van der Waals surface area contributed by atoms with Gasteiger partial charge < -0.3 is 20.5 Å². The number of likely N-dealkylation sites (tertiary alicyclic amines) is 1. The van der Waals surface area contributed by atoms with Gasteiger partial charge in [0.1, 0.15) is 5.75 Å². The highest BCUT2D eigenvalue weighted by Crippen LogP contribution is 2.48. The minimum atomic E-state index is -0.769. The molecule has 110 valence electrons. The zero-order valence-corrected chi connectivity index (χ0v) is 12.1. The van der Waals surface area contributed by atoms with Crippen LogP contribution in [0.2, 0.25) is 0 Å². The molecule has 0 aromatic heterocycles. The summed E-state index contributed by atoms with van der Waals surface area (Å²) in [5.74, 6) is 0.880. The molecule has 4 nitrogen and oxygen atoms in total. The van der Waals surface area contributed by atoms with E-state index in [1.165, 1.54) is 0 Å². The average Bonchev–Trinajstić information content (AvgIpc) is 2.46. The summed E-state index contributed by atoms with van der Waals surface area (Å²) in [6.45, 7) is 2.80. The molecule has 0 bridgehead atoms. The van der Waals surface area contributed by atoms with E-state index >= 15 is 0 Å². The number of ether oxygens (including phenoxy) is 1. The Labute approximate surface area is 120 Å². The van der Waals surface area contributed by atoms with E-state index < -0.39 is 11.0 Å². The first-order valence-electron chi connectivity index (χ1n) is 7.45. The van der Waals surface area contributed by atoms with Crippen molar-refractivity contribution >= 4 is 0 Å². The maximum absolute atomic E-state index is 11.4. The molecule has 2 unspecified atom stereocenters. The molecular weight excluding hydrogens is 252 g/mol. The number of hydrogen-bond acceptors (Lipinski definition) is 4. The monoisotopic (exact) mass is 276 g/mol. The summed E-state index contributed by atoms with van der Waals surface area (Å²) >= 11 is 0. The lowest BCUT2D eigenvalue weighted by Gasteiger charge is -2.53. The number of aliphatic hydroxyl groups is 1. The SMILES string of the molecule is CN1CCCC(O)(C2(CN)CCOc3ccccc32)C1. The van der Waals surface area contributed by atoms with Crippen LogP contribution in [0, 0.1) is 0 Å². The second kappa shape index (κ2) is 5.02. The second-order valence-corrected chi connectivity index (χ2v) is 6.25. The van der Waals surface area contributed by atoms with E-state index in [9.17, 15) is 5.11 Å². The standard InChI is InChI=1S/C16H24N2O2/c1-18-9-4-7-16(19,12-18)15(11-17)8-10-20-14-6-3-2-5-13(14)15/h2-3,5-6,19H,4,7-12,17H2,1H3. The molecule has 1 aromatic carbocycles. The summed E-state index contributed by atoms with van der Waals surface area (Å²) in [6, 6.07) is 8.03. The summed E-state index contributed by atoms with van der Waals surface area (Å²) < 4.78 is 5.76. The lowest BCUT2D eigenvalue weighted by atomic mass is 9.61. The van der Waals surface area contributed by atoms with E-state index in [-0.39, 0.29) is 0 Å². The van der Waals surface area contributed by atoms with Crippen LogP contribution >= 0.6 is 0 Å². The first-order chi connectivity index (χ1) is 9.61. The molecule has 0 aliphatic carbocycles. The zero-order chi connectivity index (χ0) is 14.2. The van der Waals surface area contributed by atoms with E-state index in [0.29, 0.717) is 19.7 Å². The van der Waals surface area contributed by atoms with Gasteiger partial charge in [-0.1, -0.05) is 18.2 Å². The fourth-order valence-corrected chi connectivity index (χ4v) is 3.98. The van der Waals surface area contributed by atoms with Gasteiger partial charge in [-0.2, -0.15) is 0 Å². The molecule has 1 fully saturated rings. The largest absolute Gasteiger partial charge is 0.493 e. The molecule has 2 aliphatic rings. The van der Waals surface area contributed by atoms with Gasteiger partial charge in [-0.3, -0.25) is 0 Å². The number of hydrogen-bond donors (Lipinski definition) is 2. The highest BCUT2D eigenvalue weighted by Gasteiger charge is 2.54. The number of benzene rings is 1. The fraction of sp³-hybridized carbons (Fsp3) is 0.625. The van der Waals surface area contributed by atoms with Crippen LogP contribution < -0.4 is 10.5 Å². The lowest BCUT2D eigenvalue weighted by molar-refractivity contribution is -0.0946. The van der Waals surface area contributed by atoms with Crippen LogP contribution in [0.3, 0.4) is 0 Å². The van der Waals surface area contributed by atoms with Crippen LogP contribution in [-0.4, -0.2) is 48.9 Å². The predicted octanol–water partition coefficient (Wildman–Crippen LogP) is 1.12. The third-order valence-electron chi connectivity index (χ3n) is 5.09. The van der Waals surface area contributed by atoms with Crippen LogP contribution in [0.1, 0.15) is 24.8 Å². The molecule has 2 heterocycles. The lowest BCUT2D eigenvalue weighted by Crippen LogP contribution is -2.64. The normalized spacial score (nSPS) is 34.4. The Bertz CT molecular complexity index is 493. The first-order valence-corrected chi connectivity index (χ1v) is 7.45. The van der Waals surface area contributed by atoms with E-state index in [1.807, 2.05) is 18.2 Å². The topological polar surface area (TPSA) is 58.7 Å². The predicted molar refractivity (Wildman–Crippen MR) is 79.0 cm³/mol. The third kappa shape index (κ3) is 1.94. The molecule has 0 saturated carbocycles. The number of rotatable bonds is 2. The summed E-state index contributed by atoms with van der Waals surface area (Å²) in [4.78, 5) is 2.21. The van der Waals surface area contributed by atoms with Crippen molar-refractivity contribution in [3.63, 3.8) is 0 Å². The summed E-state index contributed by atoms with van der Waals surface area (Å²) in [6.07, 6.45) is 2.60. The molecule has 2 aliphatic heterocycles. The van der Waals surface area contributed by atoms with Crippen LogP contribution in [0.5, 0.6) is 5.75 Å². The van der Waals surface area contributed by atoms with Crippen LogP contribution in [-0.2, 0) is 5.41 Å². The highest BCUT2D eigenvalue weighted by atomic mass is 16.5. The van der Waals surface area contributed by atoms with E-state index in [0.717, 1.165) is 37.1 Å². The van der Waals surface area contributed by atoms with Gasteiger partial charge >= 0.3 is 0 Å². The van der Waals surface area contributed by atoms with Crippen molar-refractivity contribution in [2.75, 3.05) is 33.3 Å². The molecule has 0 amide bonds. The quantitative estimate of drug-likeness (QED) is 0.850. The molecule has 0 spiro atoms. The molecular formula is C16H24N2O2. The summed E-state index contributed by atoms with van der Waals surface area (Å²) in [7, 11) is 2.07. The van der Waals surface area contributed by atoms with Gasteiger partial charge in [0.15, 0.2) is 0 Å². The molecule has 2 atom stereocenters. The molecule has 1 aromatic rings. The van der Waals surface area contributed by atoms with Crippen LogP contribution in [0.25, 0.3) is 0 Å². The number of para-hydroxylation sites is 1. The Hall–Kier alpha value is -1.10. The number of piperidine rings is 1. The van der Waals surface area contributed by atoms with Gasteiger partial charge in [0.05, 0.1) is 12.2 Å². The fourth-order valence-electron chi connectivity index (χ4n) is 3.98. The molecule has 3 rings (SSSR count). The smallest absolute Gasteiger partial charge is 0.123 e. The van der Waals surface area contributed by atoms with Crippen molar-refractivity contribution in [1.29, 1.82) is 0 Å². The van der Waals surface area contributed by atoms with Crippen LogP contribution in [0.15, 0.2) is 24.3 Å². The Morgan fingerprint density at radius 3 is 2.90 bits per heavy atom.